The predicted molar refractivity (Wildman–Crippen MR) is 137 cm³/mol. The number of aromatic amines is 1. The monoisotopic (exact) mass is 495 g/mol. The maximum absolute atomic E-state index is 15.8. The van der Waals surface area contributed by atoms with Crippen molar-refractivity contribution in [1.82, 2.24) is 9.97 Å². The topological polar surface area (TPSA) is 92.8 Å². The SMILES string of the molecule is CN1CCCc2c1nc(N1CCC3(CC1)C(=O)N(C)c1cc(C4CCC(O)CC4)cc(F)c13)[nH]c2=O. The van der Waals surface area contributed by atoms with Crippen LogP contribution in [0.4, 0.5) is 21.8 Å². The van der Waals surface area contributed by atoms with Crippen LogP contribution in [0.1, 0.15) is 67.6 Å². The van der Waals surface area contributed by atoms with Crippen molar-refractivity contribution in [2.24, 2.45) is 0 Å². The molecule has 1 aliphatic carbocycles. The van der Waals surface area contributed by atoms with Crippen LogP contribution in [-0.4, -0.2) is 60.8 Å². The van der Waals surface area contributed by atoms with E-state index in [4.69, 9.17) is 4.98 Å². The zero-order chi connectivity index (χ0) is 25.2. The highest BCUT2D eigenvalue weighted by molar-refractivity contribution is 6.08. The van der Waals surface area contributed by atoms with Crippen LogP contribution in [0.3, 0.4) is 0 Å². The van der Waals surface area contributed by atoms with Gasteiger partial charge in [-0.1, -0.05) is 0 Å². The van der Waals surface area contributed by atoms with Crippen molar-refractivity contribution in [2.45, 2.75) is 68.8 Å². The van der Waals surface area contributed by atoms with E-state index in [-0.39, 0.29) is 29.3 Å². The first-order valence-electron chi connectivity index (χ1n) is 13.2. The molecular weight excluding hydrogens is 461 g/mol. The zero-order valence-corrected chi connectivity index (χ0v) is 21.0. The van der Waals surface area contributed by atoms with E-state index in [1.54, 1.807) is 18.0 Å². The van der Waals surface area contributed by atoms with Crippen molar-refractivity contribution in [3.05, 3.63) is 45.0 Å². The molecule has 36 heavy (non-hydrogen) atoms. The summed E-state index contributed by atoms with van der Waals surface area (Å²) in [5.41, 5.74) is 1.85. The number of hydrogen-bond donors (Lipinski definition) is 2. The second-order valence-corrected chi connectivity index (χ2v) is 11.1. The van der Waals surface area contributed by atoms with Crippen molar-refractivity contribution < 1.29 is 14.3 Å². The molecule has 1 amide bonds. The van der Waals surface area contributed by atoms with Gasteiger partial charge >= 0.3 is 0 Å². The van der Waals surface area contributed by atoms with E-state index in [9.17, 15) is 14.7 Å². The van der Waals surface area contributed by atoms with Gasteiger partial charge in [-0.05, 0) is 75.0 Å². The van der Waals surface area contributed by atoms with Crippen LogP contribution in [-0.2, 0) is 16.6 Å². The lowest BCUT2D eigenvalue weighted by atomic mass is 9.72. The number of piperidine rings is 1. The molecule has 6 rings (SSSR count). The fourth-order valence-electron chi connectivity index (χ4n) is 6.86. The quantitative estimate of drug-likeness (QED) is 0.666. The van der Waals surface area contributed by atoms with Crippen LogP contribution in [0.2, 0.25) is 0 Å². The number of rotatable bonds is 2. The molecule has 4 heterocycles. The van der Waals surface area contributed by atoms with Crippen molar-refractivity contribution in [2.75, 3.05) is 48.4 Å². The van der Waals surface area contributed by atoms with E-state index in [0.29, 0.717) is 43.1 Å². The molecule has 0 atom stereocenters. The molecule has 192 valence electrons. The van der Waals surface area contributed by atoms with Crippen molar-refractivity contribution in [3.63, 3.8) is 0 Å². The number of amides is 1. The number of carbonyl (C=O) groups is 1. The van der Waals surface area contributed by atoms with Gasteiger partial charge in [0.15, 0.2) is 0 Å². The third kappa shape index (κ3) is 3.54. The standard InChI is InChI=1S/C27H34FN5O3/c1-31-11-3-4-19-23(31)29-26(30-24(19)35)33-12-9-27(10-13-33)22-20(28)14-17(15-21(22)32(2)25(27)36)16-5-7-18(34)8-6-16/h14-16,18,34H,3-13H2,1-2H3,(H,29,30,35). The molecular formula is C27H34FN5O3. The number of aliphatic hydroxyl groups excluding tert-OH is 1. The highest BCUT2D eigenvalue weighted by Crippen LogP contribution is 2.50. The van der Waals surface area contributed by atoms with Gasteiger partial charge in [-0.25, -0.2) is 4.39 Å². The zero-order valence-electron chi connectivity index (χ0n) is 21.0. The number of nitrogens with one attached hydrogen (secondary N) is 1. The molecule has 8 nitrogen and oxygen atoms in total. The molecule has 0 bridgehead atoms. The van der Waals surface area contributed by atoms with E-state index >= 15 is 4.39 Å². The summed E-state index contributed by atoms with van der Waals surface area (Å²) in [5, 5.41) is 9.86. The van der Waals surface area contributed by atoms with Crippen LogP contribution in [0.5, 0.6) is 0 Å². The lowest BCUT2D eigenvalue weighted by molar-refractivity contribution is -0.123. The summed E-state index contributed by atoms with van der Waals surface area (Å²) < 4.78 is 15.8. The van der Waals surface area contributed by atoms with E-state index < -0.39 is 5.41 Å². The van der Waals surface area contributed by atoms with Crippen LogP contribution in [0.15, 0.2) is 16.9 Å². The number of benzene rings is 1. The number of aliphatic hydroxyl groups is 1. The minimum Gasteiger partial charge on any atom is -0.393 e. The first-order chi connectivity index (χ1) is 17.3. The number of hydrogen-bond acceptors (Lipinski definition) is 6. The van der Waals surface area contributed by atoms with Gasteiger partial charge in [0, 0.05) is 39.3 Å². The number of H-pyrrole nitrogens is 1. The summed E-state index contributed by atoms with van der Waals surface area (Å²) in [5.74, 6) is 1.11. The number of likely N-dealkylation sites (N-methyl/N-ethyl adjacent to an activating group) is 1. The van der Waals surface area contributed by atoms with Crippen LogP contribution in [0, 0.1) is 5.82 Å². The molecule has 0 unspecified atom stereocenters. The van der Waals surface area contributed by atoms with Gasteiger partial charge in [0.2, 0.25) is 11.9 Å². The van der Waals surface area contributed by atoms with Crippen molar-refractivity contribution >= 4 is 23.4 Å². The number of anilines is 3. The Hall–Kier alpha value is -2.94. The molecule has 4 aliphatic rings. The van der Waals surface area contributed by atoms with Crippen molar-refractivity contribution in [3.8, 4) is 0 Å². The van der Waals surface area contributed by atoms with E-state index in [1.807, 2.05) is 22.9 Å². The van der Waals surface area contributed by atoms with Crippen LogP contribution >= 0.6 is 0 Å². The Labute approximate surface area is 210 Å². The number of halogens is 1. The summed E-state index contributed by atoms with van der Waals surface area (Å²) in [6.07, 6.45) is 5.45. The Morgan fingerprint density at radius 1 is 1.08 bits per heavy atom. The Morgan fingerprint density at radius 3 is 2.53 bits per heavy atom. The predicted octanol–water partition coefficient (Wildman–Crippen LogP) is 2.82. The molecule has 2 aromatic rings. The second kappa shape index (κ2) is 8.57. The summed E-state index contributed by atoms with van der Waals surface area (Å²) in [7, 11) is 3.70. The van der Waals surface area contributed by atoms with Gasteiger partial charge in [0.25, 0.3) is 5.56 Å². The van der Waals surface area contributed by atoms with Gasteiger partial charge in [0.05, 0.1) is 22.8 Å². The fourth-order valence-corrected chi connectivity index (χ4v) is 6.86. The molecule has 1 saturated carbocycles. The first-order valence-corrected chi connectivity index (χ1v) is 13.2. The molecule has 2 fully saturated rings. The highest BCUT2D eigenvalue weighted by atomic mass is 19.1. The molecule has 9 heteroatoms. The average Bonchev–Trinajstić information content (AvgIpc) is 3.07. The number of aromatic nitrogens is 2. The van der Waals surface area contributed by atoms with Gasteiger partial charge < -0.3 is 19.8 Å². The first kappa shape index (κ1) is 23.5. The summed E-state index contributed by atoms with van der Waals surface area (Å²) in [4.78, 5) is 39.7. The fraction of sp³-hybridized carbons (Fsp3) is 0.593. The van der Waals surface area contributed by atoms with Gasteiger partial charge in [-0.2, -0.15) is 4.98 Å². The van der Waals surface area contributed by atoms with Crippen LogP contribution in [0.25, 0.3) is 0 Å². The number of fused-ring (bicyclic) bond motifs is 3. The minimum atomic E-state index is -0.892. The largest absolute Gasteiger partial charge is 0.393 e. The molecule has 1 aromatic carbocycles. The van der Waals surface area contributed by atoms with Gasteiger partial charge in [0.1, 0.15) is 11.6 Å². The molecule has 3 aliphatic heterocycles. The van der Waals surface area contributed by atoms with Gasteiger partial charge in [-0.3, -0.25) is 14.6 Å². The number of nitrogens with zero attached hydrogens (tertiary/aromatic N) is 4. The normalized spacial score (nSPS) is 25.3. The minimum absolute atomic E-state index is 0.0566. The van der Waals surface area contributed by atoms with Gasteiger partial charge in [-0.15, -0.1) is 0 Å². The average molecular weight is 496 g/mol. The maximum atomic E-state index is 15.8. The summed E-state index contributed by atoms with van der Waals surface area (Å²) >= 11 is 0. The highest BCUT2D eigenvalue weighted by Gasteiger charge is 2.53. The van der Waals surface area contributed by atoms with Crippen molar-refractivity contribution in [1.29, 1.82) is 0 Å². The molecule has 1 aromatic heterocycles. The molecule has 0 radical (unpaired) electrons. The second-order valence-electron chi connectivity index (χ2n) is 11.1. The maximum Gasteiger partial charge on any atom is 0.257 e. The Morgan fingerprint density at radius 2 is 1.81 bits per heavy atom. The Kier molecular flexibility index (Phi) is 5.59. The summed E-state index contributed by atoms with van der Waals surface area (Å²) in [6.45, 7) is 1.88. The third-order valence-electron chi connectivity index (χ3n) is 8.99. The lowest BCUT2D eigenvalue weighted by Crippen LogP contribution is -2.49. The lowest BCUT2D eigenvalue weighted by Gasteiger charge is -2.39. The molecule has 1 spiro atoms. The smallest absolute Gasteiger partial charge is 0.257 e. The van der Waals surface area contributed by atoms with Crippen LogP contribution < -0.4 is 20.3 Å². The van der Waals surface area contributed by atoms with E-state index in [2.05, 4.69) is 4.98 Å². The molecule has 2 N–H and O–H groups in total. The third-order valence-corrected chi connectivity index (χ3v) is 8.99. The summed E-state index contributed by atoms with van der Waals surface area (Å²) in [6, 6.07) is 3.62. The van der Waals surface area contributed by atoms with E-state index in [0.717, 1.165) is 62.0 Å². The Balaban J connectivity index is 1.28. The number of carbonyl (C=O) groups excluding carboxylic acids is 1. The Bertz CT molecular complexity index is 1260. The van der Waals surface area contributed by atoms with E-state index in [1.165, 1.54) is 0 Å². The molecule has 1 saturated heterocycles.